The minimum atomic E-state index is 0.676. The second kappa shape index (κ2) is 5.97. The SMILES string of the molecule is CN(Cc1cccnc1)C[C@H]1CCCCN1. The summed E-state index contributed by atoms with van der Waals surface area (Å²) in [5, 5.41) is 3.58. The highest BCUT2D eigenvalue weighted by Gasteiger charge is 2.14. The van der Waals surface area contributed by atoms with Gasteiger partial charge in [-0.2, -0.15) is 0 Å². The predicted molar refractivity (Wildman–Crippen MR) is 66.2 cm³/mol. The number of likely N-dealkylation sites (N-methyl/N-ethyl adjacent to an activating group) is 1. The van der Waals surface area contributed by atoms with Crippen molar-refractivity contribution in [1.82, 2.24) is 15.2 Å². The summed E-state index contributed by atoms with van der Waals surface area (Å²) >= 11 is 0. The lowest BCUT2D eigenvalue weighted by molar-refractivity contribution is 0.256. The fourth-order valence-corrected chi connectivity index (χ4v) is 2.32. The normalized spacial score (nSPS) is 21.2. The molecule has 1 aromatic rings. The third kappa shape index (κ3) is 3.58. The van der Waals surface area contributed by atoms with Crippen LogP contribution in [0.25, 0.3) is 0 Å². The summed E-state index contributed by atoms with van der Waals surface area (Å²) in [4.78, 5) is 6.52. The van der Waals surface area contributed by atoms with Crippen LogP contribution in [0.4, 0.5) is 0 Å². The van der Waals surface area contributed by atoms with Crippen LogP contribution >= 0.6 is 0 Å². The first-order valence-corrected chi connectivity index (χ1v) is 6.15. The van der Waals surface area contributed by atoms with E-state index in [9.17, 15) is 0 Å². The van der Waals surface area contributed by atoms with Crippen molar-refractivity contribution in [3.05, 3.63) is 30.1 Å². The van der Waals surface area contributed by atoms with Gasteiger partial charge in [-0.15, -0.1) is 0 Å². The topological polar surface area (TPSA) is 28.2 Å². The number of pyridine rings is 1. The number of piperidine rings is 1. The molecule has 3 heteroatoms. The van der Waals surface area contributed by atoms with Crippen LogP contribution in [0.1, 0.15) is 24.8 Å². The Morgan fingerprint density at radius 3 is 3.12 bits per heavy atom. The molecule has 1 saturated heterocycles. The van der Waals surface area contributed by atoms with Crippen molar-refractivity contribution >= 4 is 0 Å². The van der Waals surface area contributed by atoms with Crippen LogP contribution < -0.4 is 5.32 Å². The number of nitrogens with zero attached hydrogens (tertiary/aromatic N) is 2. The zero-order valence-corrected chi connectivity index (χ0v) is 10.0. The van der Waals surface area contributed by atoms with E-state index < -0.39 is 0 Å². The molecule has 1 aromatic heterocycles. The van der Waals surface area contributed by atoms with E-state index in [4.69, 9.17) is 0 Å². The molecule has 2 heterocycles. The smallest absolute Gasteiger partial charge is 0.0312 e. The molecule has 0 radical (unpaired) electrons. The second-order valence-corrected chi connectivity index (χ2v) is 4.70. The van der Waals surface area contributed by atoms with E-state index in [1.807, 2.05) is 18.5 Å². The molecule has 16 heavy (non-hydrogen) atoms. The van der Waals surface area contributed by atoms with Gasteiger partial charge < -0.3 is 10.2 Å². The molecule has 0 saturated carbocycles. The number of hydrogen-bond donors (Lipinski definition) is 1. The molecule has 2 rings (SSSR count). The first-order chi connectivity index (χ1) is 7.84. The monoisotopic (exact) mass is 219 g/mol. The molecule has 1 aliphatic heterocycles. The van der Waals surface area contributed by atoms with Crippen molar-refractivity contribution in [3.8, 4) is 0 Å². The summed E-state index contributed by atoms with van der Waals surface area (Å²) in [5.41, 5.74) is 1.29. The molecular weight excluding hydrogens is 198 g/mol. The van der Waals surface area contributed by atoms with Crippen molar-refractivity contribution in [2.24, 2.45) is 0 Å². The highest BCUT2D eigenvalue weighted by Crippen LogP contribution is 2.09. The van der Waals surface area contributed by atoms with Gasteiger partial charge in [0, 0.05) is 31.5 Å². The van der Waals surface area contributed by atoms with Crippen LogP contribution in [0, 0.1) is 0 Å². The van der Waals surface area contributed by atoms with Crippen LogP contribution in [0.3, 0.4) is 0 Å². The van der Waals surface area contributed by atoms with Crippen LogP contribution in [0.15, 0.2) is 24.5 Å². The average Bonchev–Trinajstić information content (AvgIpc) is 2.31. The largest absolute Gasteiger partial charge is 0.313 e. The van der Waals surface area contributed by atoms with Gasteiger partial charge in [0.1, 0.15) is 0 Å². The molecule has 1 atom stereocenters. The van der Waals surface area contributed by atoms with E-state index in [0.29, 0.717) is 6.04 Å². The van der Waals surface area contributed by atoms with Gasteiger partial charge >= 0.3 is 0 Å². The van der Waals surface area contributed by atoms with Gasteiger partial charge in [0.15, 0.2) is 0 Å². The summed E-state index contributed by atoms with van der Waals surface area (Å²) < 4.78 is 0. The summed E-state index contributed by atoms with van der Waals surface area (Å²) in [6, 6.07) is 4.82. The summed E-state index contributed by atoms with van der Waals surface area (Å²) in [7, 11) is 2.18. The van der Waals surface area contributed by atoms with E-state index in [1.54, 1.807) is 0 Å². The van der Waals surface area contributed by atoms with Gasteiger partial charge in [0.25, 0.3) is 0 Å². The molecule has 0 bridgehead atoms. The van der Waals surface area contributed by atoms with Crippen molar-refractivity contribution in [3.63, 3.8) is 0 Å². The molecule has 88 valence electrons. The minimum absolute atomic E-state index is 0.676. The van der Waals surface area contributed by atoms with Crippen molar-refractivity contribution in [2.45, 2.75) is 31.8 Å². The zero-order chi connectivity index (χ0) is 11.2. The third-order valence-electron chi connectivity index (χ3n) is 3.12. The highest BCUT2D eigenvalue weighted by molar-refractivity contribution is 5.07. The molecule has 0 aliphatic carbocycles. The molecular formula is C13H21N3. The molecule has 1 aliphatic rings. The molecule has 3 nitrogen and oxygen atoms in total. The fourth-order valence-electron chi connectivity index (χ4n) is 2.32. The first kappa shape index (κ1) is 11.6. The number of aromatic nitrogens is 1. The Kier molecular flexibility index (Phi) is 4.31. The third-order valence-corrected chi connectivity index (χ3v) is 3.12. The quantitative estimate of drug-likeness (QED) is 0.834. The van der Waals surface area contributed by atoms with Gasteiger partial charge in [0.2, 0.25) is 0 Å². The standard InChI is InChI=1S/C13H21N3/c1-16(10-12-5-4-7-14-9-12)11-13-6-2-3-8-15-13/h4-5,7,9,13,15H,2-3,6,8,10-11H2,1H3/t13-/m1/s1. The second-order valence-electron chi connectivity index (χ2n) is 4.70. The van der Waals surface area contributed by atoms with E-state index in [2.05, 4.69) is 28.3 Å². The summed E-state index contributed by atoms with van der Waals surface area (Å²) in [6.07, 6.45) is 7.80. The van der Waals surface area contributed by atoms with E-state index in [-0.39, 0.29) is 0 Å². The Morgan fingerprint density at radius 2 is 2.44 bits per heavy atom. The molecule has 0 unspecified atom stereocenters. The lowest BCUT2D eigenvalue weighted by atomic mass is 10.0. The lowest BCUT2D eigenvalue weighted by Gasteiger charge is -2.28. The zero-order valence-electron chi connectivity index (χ0n) is 10.0. The average molecular weight is 219 g/mol. The van der Waals surface area contributed by atoms with E-state index >= 15 is 0 Å². The molecule has 0 aromatic carbocycles. The number of nitrogens with one attached hydrogen (secondary N) is 1. The first-order valence-electron chi connectivity index (χ1n) is 6.15. The van der Waals surface area contributed by atoms with Gasteiger partial charge in [0.05, 0.1) is 0 Å². The minimum Gasteiger partial charge on any atom is -0.313 e. The number of rotatable bonds is 4. The maximum Gasteiger partial charge on any atom is 0.0312 e. The van der Waals surface area contributed by atoms with Gasteiger partial charge in [-0.3, -0.25) is 4.98 Å². The molecule has 0 amide bonds. The molecule has 1 N–H and O–H groups in total. The molecule has 0 spiro atoms. The van der Waals surface area contributed by atoms with Crippen LogP contribution in [-0.2, 0) is 6.54 Å². The Balaban J connectivity index is 1.77. The van der Waals surface area contributed by atoms with Crippen LogP contribution in [-0.4, -0.2) is 36.1 Å². The fraction of sp³-hybridized carbons (Fsp3) is 0.615. The van der Waals surface area contributed by atoms with Crippen LogP contribution in [0.2, 0.25) is 0 Å². The van der Waals surface area contributed by atoms with Crippen molar-refractivity contribution in [1.29, 1.82) is 0 Å². The number of hydrogen-bond acceptors (Lipinski definition) is 3. The van der Waals surface area contributed by atoms with Gasteiger partial charge in [-0.1, -0.05) is 12.5 Å². The van der Waals surface area contributed by atoms with E-state index in [1.165, 1.54) is 31.4 Å². The lowest BCUT2D eigenvalue weighted by Crippen LogP contribution is -2.42. The summed E-state index contributed by atoms with van der Waals surface area (Å²) in [5.74, 6) is 0. The summed E-state index contributed by atoms with van der Waals surface area (Å²) in [6.45, 7) is 3.31. The van der Waals surface area contributed by atoms with Crippen LogP contribution in [0.5, 0.6) is 0 Å². The molecule has 1 fully saturated rings. The Morgan fingerprint density at radius 1 is 1.50 bits per heavy atom. The Hall–Kier alpha value is -0.930. The Bertz CT molecular complexity index is 293. The van der Waals surface area contributed by atoms with E-state index in [0.717, 1.165) is 13.1 Å². The van der Waals surface area contributed by atoms with Crippen molar-refractivity contribution in [2.75, 3.05) is 20.1 Å². The van der Waals surface area contributed by atoms with Crippen molar-refractivity contribution < 1.29 is 0 Å². The maximum atomic E-state index is 4.14. The van der Waals surface area contributed by atoms with Gasteiger partial charge in [-0.25, -0.2) is 0 Å². The van der Waals surface area contributed by atoms with Gasteiger partial charge in [-0.05, 0) is 38.1 Å². The Labute approximate surface area is 97.9 Å². The predicted octanol–water partition coefficient (Wildman–Crippen LogP) is 1.66. The maximum absolute atomic E-state index is 4.14. The highest BCUT2D eigenvalue weighted by atomic mass is 15.1.